The first-order valence-corrected chi connectivity index (χ1v) is 8.99. The van der Waals surface area contributed by atoms with Gasteiger partial charge in [0.15, 0.2) is 5.76 Å². The molecule has 4 rings (SSSR count). The number of nitriles is 1. The molecule has 0 saturated heterocycles. The number of halogens is 1. The highest BCUT2D eigenvalue weighted by Crippen LogP contribution is 2.42. The summed E-state index contributed by atoms with van der Waals surface area (Å²) in [5, 5.41) is 13.7. The van der Waals surface area contributed by atoms with Crippen LogP contribution in [0.2, 0.25) is 5.02 Å². The van der Waals surface area contributed by atoms with Crippen LogP contribution in [-0.2, 0) is 4.79 Å². The Hall–Kier alpha value is -3.43. The molecular formula is C21H15ClN4O2. The minimum Gasteiger partial charge on any atom is -0.370 e. The van der Waals surface area contributed by atoms with Crippen molar-refractivity contribution in [1.29, 1.82) is 5.26 Å². The van der Waals surface area contributed by atoms with Gasteiger partial charge in [-0.15, -0.1) is 0 Å². The molecule has 2 N–H and O–H groups in total. The van der Waals surface area contributed by atoms with Gasteiger partial charge in [0.2, 0.25) is 5.91 Å². The number of hydrogen-bond donors (Lipinski definition) is 1. The zero-order valence-corrected chi connectivity index (χ0v) is 15.7. The molecule has 0 unspecified atom stereocenters. The molecular weight excluding hydrogens is 376 g/mol. The van der Waals surface area contributed by atoms with Gasteiger partial charge in [0.25, 0.3) is 0 Å². The summed E-state index contributed by atoms with van der Waals surface area (Å²) in [6, 6.07) is 14.1. The van der Waals surface area contributed by atoms with Crippen molar-refractivity contribution in [2.75, 3.05) is 0 Å². The molecule has 0 spiro atoms. The van der Waals surface area contributed by atoms with E-state index in [0.717, 1.165) is 22.3 Å². The molecule has 7 heteroatoms. The highest BCUT2D eigenvalue weighted by molar-refractivity contribution is 6.36. The number of nitrogens with two attached hydrogens (primary N) is 1. The molecule has 0 aliphatic carbocycles. The first-order chi connectivity index (χ1) is 13.5. The second-order valence-electron chi connectivity index (χ2n) is 6.52. The van der Waals surface area contributed by atoms with E-state index in [-0.39, 0.29) is 6.42 Å². The smallest absolute Gasteiger partial charge is 0.220 e. The molecule has 28 heavy (non-hydrogen) atoms. The lowest BCUT2D eigenvalue weighted by molar-refractivity contribution is -0.118. The third kappa shape index (κ3) is 2.96. The molecule has 1 amide bonds. The summed E-state index contributed by atoms with van der Waals surface area (Å²) in [7, 11) is 0. The number of nitrogens with zero attached hydrogens (tertiary/aromatic N) is 3. The van der Waals surface area contributed by atoms with Crippen molar-refractivity contribution >= 4 is 23.2 Å². The van der Waals surface area contributed by atoms with E-state index in [1.807, 2.05) is 31.2 Å². The fourth-order valence-electron chi connectivity index (χ4n) is 3.44. The van der Waals surface area contributed by atoms with Gasteiger partial charge in [0.05, 0.1) is 40.0 Å². The fraction of sp³-hybridized carbons (Fsp3) is 0.143. The number of benzene rings is 2. The average Bonchev–Trinajstić information content (AvgIpc) is 3.00. The number of amides is 1. The van der Waals surface area contributed by atoms with Crippen molar-refractivity contribution in [1.82, 2.24) is 5.16 Å². The third-order valence-electron chi connectivity index (χ3n) is 4.68. The Labute approximate surface area is 166 Å². The van der Waals surface area contributed by atoms with E-state index in [1.165, 1.54) is 0 Å². The van der Waals surface area contributed by atoms with Crippen LogP contribution in [-0.4, -0.2) is 16.8 Å². The SMILES string of the molecule is Cc1noc2c1-c1cccc(Cl)c1C(c1ccc(C#N)cc1)=N[C@H]2CC(N)=O. The predicted octanol–water partition coefficient (Wildman–Crippen LogP) is 3.94. The van der Waals surface area contributed by atoms with E-state index < -0.39 is 11.9 Å². The van der Waals surface area contributed by atoms with Crippen molar-refractivity contribution in [3.05, 3.63) is 75.6 Å². The van der Waals surface area contributed by atoms with Gasteiger partial charge in [-0.3, -0.25) is 9.79 Å². The zero-order valence-electron chi connectivity index (χ0n) is 14.9. The van der Waals surface area contributed by atoms with Crippen molar-refractivity contribution in [2.24, 2.45) is 10.7 Å². The Bertz CT molecular complexity index is 1160. The minimum absolute atomic E-state index is 0.0208. The van der Waals surface area contributed by atoms with Crippen molar-refractivity contribution in [3.63, 3.8) is 0 Å². The lowest BCUT2D eigenvalue weighted by Crippen LogP contribution is -2.15. The molecule has 1 aliphatic rings. The highest BCUT2D eigenvalue weighted by atomic mass is 35.5. The Balaban J connectivity index is 2.02. The molecule has 1 aromatic heterocycles. The molecule has 1 aliphatic heterocycles. The van der Waals surface area contributed by atoms with Crippen molar-refractivity contribution < 1.29 is 9.32 Å². The van der Waals surface area contributed by atoms with Gasteiger partial charge < -0.3 is 10.3 Å². The number of aryl methyl sites for hydroxylation is 1. The maximum Gasteiger partial charge on any atom is 0.220 e. The van der Waals surface area contributed by atoms with Gasteiger partial charge in [-0.05, 0) is 30.7 Å². The van der Waals surface area contributed by atoms with E-state index >= 15 is 0 Å². The zero-order chi connectivity index (χ0) is 19.8. The molecule has 0 saturated carbocycles. The predicted molar refractivity (Wildman–Crippen MR) is 105 cm³/mol. The van der Waals surface area contributed by atoms with Gasteiger partial charge in [0, 0.05) is 11.1 Å². The second-order valence-corrected chi connectivity index (χ2v) is 6.93. The summed E-state index contributed by atoms with van der Waals surface area (Å²) in [5.74, 6) is -0.00607. The van der Waals surface area contributed by atoms with Gasteiger partial charge in [0.1, 0.15) is 6.04 Å². The quantitative estimate of drug-likeness (QED) is 0.730. The largest absolute Gasteiger partial charge is 0.370 e. The number of rotatable bonds is 3. The molecule has 3 aromatic rings. The van der Waals surface area contributed by atoms with Gasteiger partial charge in [-0.1, -0.05) is 41.0 Å². The van der Waals surface area contributed by atoms with Crippen LogP contribution in [0.3, 0.4) is 0 Å². The lowest BCUT2D eigenvalue weighted by Gasteiger charge is -2.13. The monoisotopic (exact) mass is 390 g/mol. The molecule has 0 bridgehead atoms. The summed E-state index contributed by atoms with van der Waals surface area (Å²) in [5.41, 5.74) is 10.4. The number of fused-ring (bicyclic) bond motifs is 3. The standard InChI is InChI=1S/C21H15ClN4O2/c1-11-18-14-3-2-4-15(22)19(14)20(13-7-5-12(10-23)6-8-13)25-16(9-17(24)27)21(18)28-26-11/h2-8,16H,9H2,1H3,(H2,24,27)/t16-/m0/s1. The second kappa shape index (κ2) is 6.95. The Kier molecular flexibility index (Phi) is 4.46. The minimum atomic E-state index is -0.622. The van der Waals surface area contributed by atoms with Crippen LogP contribution in [0.5, 0.6) is 0 Å². The summed E-state index contributed by atoms with van der Waals surface area (Å²) >= 11 is 6.58. The summed E-state index contributed by atoms with van der Waals surface area (Å²) in [4.78, 5) is 16.5. The van der Waals surface area contributed by atoms with Crippen LogP contribution in [0, 0.1) is 18.3 Å². The summed E-state index contributed by atoms with van der Waals surface area (Å²) in [6.07, 6.45) is -0.0208. The van der Waals surface area contributed by atoms with Gasteiger partial charge >= 0.3 is 0 Å². The van der Waals surface area contributed by atoms with Gasteiger partial charge in [-0.25, -0.2) is 0 Å². The van der Waals surface area contributed by atoms with Crippen molar-refractivity contribution in [3.8, 4) is 17.2 Å². The molecule has 2 heterocycles. The Morgan fingerprint density at radius 1 is 1.25 bits per heavy atom. The normalized spacial score (nSPS) is 15.0. The third-order valence-corrected chi connectivity index (χ3v) is 4.99. The molecule has 2 aromatic carbocycles. The molecule has 0 radical (unpaired) electrons. The maximum absolute atomic E-state index is 11.7. The number of aromatic nitrogens is 1. The Morgan fingerprint density at radius 3 is 2.68 bits per heavy atom. The summed E-state index contributed by atoms with van der Waals surface area (Å²) < 4.78 is 5.55. The lowest BCUT2D eigenvalue weighted by atomic mass is 9.92. The fourth-order valence-corrected chi connectivity index (χ4v) is 3.71. The van der Waals surface area contributed by atoms with E-state index in [2.05, 4.69) is 11.2 Å². The topological polar surface area (TPSA) is 105 Å². The van der Waals surface area contributed by atoms with Crippen LogP contribution in [0.4, 0.5) is 0 Å². The maximum atomic E-state index is 11.7. The molecule has 0 fully saturated rings. The first-order valence-electron chi connectivity index (χ1n) is 8.61. The Morgan fingerprint density at radius 2 is 2.00 bits per heavy atom. The van der Waals surface area contributed by atoms with Crippen LogP contribution >= 0.6 is 11.6 Å². The number of aliphatic imine (C=N–C) groups is 1. The van der Waals surface area contributed by atoms with Crippen molar-refractivity contribution in [2.45, 2.75) is 19.4 Å². The molecule has 138 valence electrons. The summed E-state index contributed by atoms with van der Waals surface area (Å²) in [6.45, 7) is 1.83. The van der Waals surface area contributed by atoms with Crippen LogP contribution in [0.15, 0.2) is 52.0 Å². The average molecular weight is 391 g/mol. The van der Waals surface area contributed by atoms with Crippen LogP contribution in [0.1, 0.15) is 40.6 Å². The van der Waals surface area contributed by atoms with Crippen LogP contribution < -0.4 is 5.73 Å². The van der Waals surface area contributed by atoms with E-state index in [9.17, 15) is 4.79 Å². The molecule has 6 nitrogen and oxygen atoms in total. The first kappa shape index (κ1) is 18.0. The highest BCUT2D eigenvalue weighted by Gasteiger charge is 2.32. The number of hydrogen-bond acceptors (Lipinski definition) is 5. The molecule has 1 atom stereocenters. The van der Waals surface area contributed by atoms with E-state index in [4.69, 9.17) is 32.1 Å². The number of carbonyl (C=O) groups excluding carboxylic acids is 1. The van der Waals surface area contributed by atoms with E-state index in [1.54, 1.807) is 18.2 Å². The van der Waals surface area contributed by atoms with Crippen LogP contribution in [0.25, 0.3) is 11.1 Å². The van der Waals surface area contributed by atoms with Gasteiger partial charge in [-0.2, -0.15) is 5.26 Å². The number of carbonyl (C=O) groups is 1. The number of primary amides is 1. The van der Waals surface area contributed by atoms with E-state index in [0.29, 0.717) is 27.8 Å².